The van der Waals surface area contributed by atoms with Crippen LogP contribution in [0.3, 0.4) is 0 Å². The summed E-state index contributed by atoms with van der Waals surface area (Å²) in [5.74, 6) is 0. The van der Waals surface area contributed by atoms with E-state index in [1.807, 2.05) is 0 Å². The molecule has 1 saturated heterocycles. The van der Waals surface area contributed by atoms with Crippen LogP contribution in [0.2, 0.25) is 0 Å². The first-order chi connectivity index (χ1) is 12.7. The zero-order valence-electron chi connectivity index (χ0n) is 15.2. The molecule has 1 aliphatic heterocycles. The quantitative estimate of drug-likeness (QED) is 0.731. The lowest BCUT2D eigenvalue weighted by atomic mass is 10.1. The fourth-order valence-corrected chi connectivity index (χ4v) is 3.63. The minimum absolute atomic E-state index is 0.129. The predicted molar refractivity (Wildman–Crippen MR) is 108 cm³/mol. The highest BCUT2D eigenvalue weighted by atomic mass is 16.3. The average molecular weight is 345 g/mol. The highest BCUT2D eigenvalue weighted by Gasteiger charge is 2.16. The number of piperidine rings is 1. The summed E-state index contributed by atoms with van der Waals surface area (Å²) in [6.45, 7) is 1.87. The molecule has 0 bridgehead atoms. The molecule has 26 heavy (non-hydrogen) atoms. The van der Waals surface area contributed by atoms with Crippen molar-refractivity contribution in [1.82, 2.24) is 0 Å². The lowest BCUT2D eigenvalue weighted by molar-refractivity contribution is -0.646. The number of hydrogen-bond acceptors (Lipinski definition) is 2. The number of para-hydroxylation sites is 1. The second-order valence-electron chi connectivity index (χ2n) is 7.02. The SMILES string of the molecule is C[n+]1c(C=Cc2ccc(N3CCC(O)CC3)cc2)ccc2ccccc21. The number of pyridine rings is 1. The van der Waals surface area contributed by atoms with E-state index < -0.39 is 0 Å². The van der Waals surface area contributed by atoms with Crippen molar-refractivity contribution in [3.8, 4) is 0 Å². The van der Waals surface area contributed by atoms with Gasteiger partial charge in [0.1, 0.15) is 7.05 Å². The van der Waals surface area contributed by atoms with Gasteiger partial charge < -0.3 is 10.0 Å². The lowest BCUT2D eigenvalue weighted by Gasteiger charge is -2.31. The zero-order valence-corrected chi connectivity index (χ0v) is 15.2. The molecule has 3 nitrogen and oxygen atoms in total. The topological polar surface area (TPSA) is 27.4 Å². The number of fused-ring (bicyclic) bond motifs is 1. The van der Waals surface area contributed by atoms with Crippen LogP contribution in [0.25, 0.3) is 23.1 Å². The molecule has 0 atom stereocenters. The van der Waals surface area contributed by atoms with E-state index in [9.17, 15) is 5.11 Å². The summed E-state index contributed by atoms with van der Waals surface area (Å²) in [5.41, 5.74) is 4.85. The normalized spacial score (nSPS) is 15.8. The van der Waals surface area contributed by atoms with Crippen LogP contribution in [0.5, 0.6) is 0 Å². The van der Waals surface area contributed by atoms with Crippen LogP contribution in [0.4, 0.5) is 5.69 Å². The molecule has 0 aliphatic carbocycles. The molecule has 2 aromatic carbocycles. The minimum atomic E-state index is -0.129. The maximum Gasteiger partial charge on any atom is 0.212 e. The van der Waals surface area contributed by atoms with E-state index >= 15 is 0 Å². The van der Waals surface area contributed by atoms with E-state index in [0.717, 1.165) is 25.9 Å². The van der Waals surface area contributed by atoms with Gasteiger partial charge in [0.25, 0.3) is 0 Å². The van der Waals surface area contributed by atoms with Crippen LogP contribution in [-0.2, 0) is 7.05 Å². The van der Waals surface area contributed by atoms with Gasteiger partial charge >= 0.3 is 0 Å². The van der Waals surface area contributed by atoms with E-state index in [1.165, 1.54) is 27.8 Å². The molecule has 4 rings (SSSR count). The van der Waals surface area contributed by atoms with Crippen LogP contribution in [0.15, 0.2) is 60.7 Å². The van der Waals surface area contributed by atoms with Gasteiger partial charge in [-0.05, 0) is 48.7 Å². The minimum Gasteiger partial charge on any atom is -0.393 e. The molecule has 0 radical (unpaired) electrons. The second-order valence-corrected chi connectivity index (χ2v) is 7.02. The van der Waals surface area contributed by atoms with Crippen LogP contribution in [-0.4, -0.2) is 24.3 Å². The Morgan fingerprint density at radius 1 is 0.923 bits per heavy atom. The third-order valence-electron chi connectivity index (χ3n) is 5.29. The lowest BCUT2D eigenvalue weighted by Crippen LogP contribution is -2.35. The highest BCUT2D eigenvalue weighted by Crippen LogP contribution is 2.21. The molecular weight excluding hydrogens is 320 g/mol. The number of aryl methyl sites for hydroxylation is 1. The van der Waals surface area contributed by atoms with Crippen LogP contribution >= 0.6 is 0 Å². The summed E-state index contributed by atoms with van der Waals surface area (Å²) < 4.78 is 2.22. The summed E-state index contributed by atoms with van der Waals surface area (Å²) in [4.78, 5) is 2.35. The number of anilines is 1. The fraction of sp³-hybridized carbons (Fsp3) is 0.261. The Morgan fingerprint density at radius 2 is 1.65 bits per heavy atom. The summed E-state index contributed by atoms with van der Waals surface area (Å²) >= 11 is 0. The van der Waals surface area contributed by atoms with Crippen LogP contribution in [0, 0.1) is 0 Å². The summed E-state index contributed by atoms with van der Waals surface area (Å²) in [7, 11) is 2.11. The molecular formula is C23H25N2O+. The van der Waals surface area contributed by atoms with Crippen molar-refractivity contribution in [2.45, 2.75) is 18.9 Å². The van der Waals surface area contributed by atoms with Gasteiger partial charge in [0, 0.05) is 42.4 Å². The van der Waals surface area contributed by atoms with E-state index in [2.05, 4.69) is 89.3 Å². The molecule has 0 unspecified atom stereocenters. The standard InChI is InChI=1S/C23H25N2O/c1-24-20(13-9-19-4-2-3-5-23(19)24)10-6-18-7-11-21(12-8-18)25-16-14-22(26)15-17-25/h2-13,22,26H,14-17H2,1H3/q+1. The predicted octanol–water partition coefficient (Wildman–Crippen LogP) is 3.80. The Labute approximate surface area is 154 Å². The molecule has 1 fully saturated rings. The molecule has 1 N–H and O–H groups in total. The Kier molecular flexibility index (Phi) is 4.72. The first kappa shape index (κ1) is 16.8. The number of aromatic nitrogens is 1. The molecule has 3 aromatic rings. The number of aliphatic hydroxyl groups excluding tert-OH is 1. The van der Waals surface area contributed by atoms with E-state index in [-0.39, 0.29) is 6.10 Å². The number of aliphatic hydroxyl groups is 1. The van der Waals surface area contributed by atoms with Crippen LogP contribution < -0.4 is 9.47 Å². The van der Waals surface area contributed by atoms with Gasteiger partial charge in [0.05, 0.1) is 6.10 Å². The number of rotatable bonds is 3. The van der Waals surface area contributed by atoms with Crippen molar-refractivity contribution in [2.24, 2.45) is 7.05 Å². The Bertz CT molecular complexity index is 923. The van der Waals surface area contributed by atoms with Gasteiger partial charge in [-0.1, -0.05) is 24.3 Å². The van der Waals surface area contributed by atoms with Gasteiger partial charge in [-0.15, -0.1) is 0 Å². The summed E-state index contributed by atoms with van der Waals surface area (Å²) in [6, 6.07) is 21.5. The zero-order chi connectivity index (χ0) is 17.9. The van der Waals surface area contributed by atoms with Crippen molar-refractivity contribution in [2.75, 3.05) is 18.0 Å². The van der Waals surface area contributed by atoms with E-state index in [4.69, 9.17) is 0 Å². The van der Waals surface area contributed by atoms with Gasteiger partial charge in [0.15, 0.2) is 0 Å². The maximum absolute atomic E-state index is 9.65. The van der Waals surface area contributed by atoms with Gasteiger partial charge in [-0.3, -0.25) is 0 Å². The monoisotopic (exact) mass is 345 g/mol. The van der Waals surface area contributed by atoms with Crippen molar-refractivity contribution in [1.29, 1.82) is 0 Å². The van der Waals surface area contributed by atoms with Gasteiger partial charge in [0.2, 0.25) is 11.2 Å². The first-order valence-corrected chi connectivity index (χ1v) is 9.30. The van der Waals surface area contributed by atoms with Crippen molar-refractivity contribution < 1.29 is 9.67 Å². The Morgan fingerprint density at radius 3 is 2.42 bits per heavy atom. The third-order valence-corrected chi connectivity index (χ3v) is 5.29. The maximum atomic E-state index is 9.65. The van der Waals surface area contributed by atoms with Gasteiger partial charge in [-0.2, -0.15) is 4.57 Å². The van der Waals surface area contributed by atoms with Crippen molar-refractivity contribution in [3.05, 3.63) is 71.9 Å². The first-order valence-electron chi connectivity index (χ1n) is 9.30. The third kappa shape index (κ3) is 3.49. The van der Waals surface area contributed by atoms with Gasteiger partial charge in [-0.25, -0.2) is 0 Å². The molecule has 0 saturated carbocycles. The molecule has 2 heterocycles. The van der Waals surface area contributed by atoms with E-state index in [0.29, 0.717) is 0 Å². The van der Waals surface area contributed by atoms with Crippen molar-refractivity contribution >= 4 is 28.7 Å². The highest BCUT2D eigenvalue weighted by molar-refractivity contribution is 5.77. The Hall–Kier alpha value is -2.65. The second kappa shape index (κ2) is 7.30. The molecule has 0 spiro atoms. The summed E-state index contributed by atoms with van der Waals surface area (Å²) in [6.07, 6.45) is 5.92. The molecule has 3 heteroatoms. The Balaban J connectivity index is 1.51. The molecule has 1 aromatic heterocycles. The van der Waals surface area contributed by atoms with E-state index in [1.54, 1.807) is 0 Å². The largest absolute Gasteiger partial charge is 0.393 e. The van der Waals surface area contributed by atoms with Crippen molar-refractivity contribution in [3.63, 3.8) is 0 Å². The number of nitrogens with zero attached hydrogens (tertiary/aromatic N) is 2. The smallest absolute Gasteiger partial charge is 0.212 e. The van der Waals surface area contributed by atoms with Crippen LogP contribution in [0.1, 0.15) is 24.1 Å². The fourth-order valence-electron chi connectivity index (χ4n) is 3.63. The molecule has 132 valence electrons. The average Bonchev–Trinajstić information content (AvgIpc) is 2.69. The molecule has 0 amide bonds. The summed E-state index contributed by atoms with van der Waals surface area (Å²) in [5, 5.41) is 10.9. The molecule has 1 aliphatic rings. The number of benzene rings is 2. The number of hydrogen-bond donors (Lipinski definition) is 1.